The molecule has 3 aliphatic rings. The van der Waals surface area contributed by atoms with E-state index in [1.807, 2.05) is 24.3 Å². The van der Waals surface area contributed by atoms with Crippen LogP contribution in [0.5, 0.6) is 0 Å². The summed E-state index contributed by atoms with van der Waals surface area (Å²) in [6.07, 6.45) is 0.737. The third kappa shape index (κ3) is 4.43. The van der Waals surface area contributed by atoms with Crippen molar-refractivity contribution >= 4 is 38.7 Å². The fourth-order valence-electron chi connectivity index (χ4n) is 3.84. The van der Waals surface area contributed by atoms with E-state index in [0.29, 0.717) is 25.3 Å². The molecular weight excluding hydrogens is 396 g/mol. The van der Waals surface area contributed by atoms with Gasteiger partial charge in [0.15, 0.2) is 9.84 Å². The van der Waals surface area contributed by atoms with Gasteiger partial charge in [-0.2, -0.15) is 5.10 Å². The topological polar surface area (TPSA) is 108 Å². The molecule has 2 fully saturated rings. The Hall–Kier alpha value is -2.46. The molecule has 4 rings (SSSR count). The van der Waals surface area contributed by atoms with Crippen LogP contribution < -0.4 is 10.2 Å². The molecule has 0 spiro atoms. The van der Waals surface area contributed by atoms with Gasteiger partial charge in [-0.15, -0.1) is 0 Å². The number of hydrogen-bond acceptors (Lipinski definition) is 7. The van der Waals surface area contributed by atoms with Gasteiger partial charge in [0.05, 0.1) is 42.1 Å². The summed E-state index contributed by atoms with van der Waals surface area (Å²) in [7, 11) is -3.15. The van der Waals surface area contributed by atoms with E-state index < -0.39 is 15.9 Å². The Morgan fingerprint density at radius 1 is 1.17 bits per heavy atom. The number of anilines is 2. The lowest BCUT2D eigenvalue weighted by Gasteiger charge is -2.31. The number of hydrogen-bond donors (Lipinski definition) is 1. The first-order valence-electron chi connectivity index (χ1n) is 9.76. The van der Waals surface area contributed by atoms with Crippen LogP contribution in [0, 0.1) is 0 Å². The molecule has 9 nitrogen and oxygen atoms in total. The molecule has 0 radical (unpaired) electrons. The number of benzene rings is 1. The van der Waals surface area contributed by atoms with Gasteiger partial charge in [-0.1, -0.05) is 12.1 Å². The number of nitrogens with one attached hydrogen (secondary N) is 1. The third-order valence-electron chi connectivity index (χ3n) is 5.38. The van der Waals surface area contributed by atoms with Crippen LogP contribution >= 0.6 is 0 Å². The number of amides is 2. The predicted octanol–water partition coefficient (Wildman–Crippen LogP) is 0.627. The Morgan fingerprint density at radius 2 is 1.93 bits per heavy atom. The fourth-order valence-corrected chi connectivity index (χ4v) is 5.53. The van der Waals surface area contributed by atoms with Crippen molar-refractivity contribution in [3.63, 3.8) is 0 Å². The summed E-state index contributed by atoms with van der Waals surface area (Å²) in [5.74, 6) is -0.663. The van der Waals surface area contributed by atoms with Crippen molar-refractivity contribution in [3.8, 4) is 0 Å². The standard InChI is InChI=1S/C19H24N4O5S/c24-18-6-5-16(21-23(18)14-7-12-29(26,27)13-14)19(25)20-15-3-1-2-4-17(15)22-8-10-28-11-9-22/h1-4,14H,5-13H2,(H,20,25)/t14-/m0/s1. The van der Waals surface area contributed by atoms with E-state index in [4.69, 9.17) is 4.74 Å². The summed E-state index contributed by atoms with van der Waals surface area (Å²) in [5, 5.41) is 8.36. The molecule has 1 aromatic carbocycles. The van der Waals surface area contributed by atoms with Crippen LogP contribution in [0.25, 0.3) is 0 Å². The second-order valence-corrected chi connectivity index (χ2v) is 9.64. The van der Waals surface area contributed by atoms with Gasteiger partial charge in [-0.3, -0.25) is 9.59 Å². The second-order valence-electron chi connectivity index (χ2n) is 7.41. The SMILES string of the molecule is O=C(Nc1ccccc1N1CCOCC1)C1=NN([C@H]2CCS(=O)(=O)C2)C(=O)CC1. The Morgan fingerprint density at radius 3 is 2.66 bits per heavy atom. The van der Waals surface area contributed by atoms with E-state index in [1.165, 1.54) is 5.01 Å². The van der Waals surface area contributed by atoms with Gasteiger partial charge in [-0.25, -0.2) is 13.4 Å². The van der Waals surface area contributed by atoms with Crippen LogP contribution in [0.3, 0.4) is 0 Å². The van der Waals surface area contributed by atoms with Crippen molar-refractivity contribution in [2.75, 3.05) is 48.0 Å². The Bertz CT molecular complexity index is 940. The second kappa shape index (κ2) is 8.11. The lowest BCUT2D eigenvalue weighted by molar-refractivity contribution is -0.133. The largest absolute Gasteiger partial charge is 0.378 e. The molecule has 3 heterocycles. The van der Waals surface area contributed by atoms with Gasteiger partial charge in [0.2, 0.25) is 5.91 Å². The first-order chi connectivity index (χ1) is 13.9. The third-order valence-corrected chi connectivity index (χ3v) is 7.13. The lowest BCUT2D eigenvalue weighted by Crippen LogP contribution is -2.42. The number of carbonyl (C=O) groups is 2. The zero-order chi connectivity index (χ0) is 20.4. The zero-order valence-electron chi connectivity index (χ0n) is 16.0. The summed E-state index contributed by atoms with van der Waals surface area (Å²) < 4.78 is 28.9. The van der Waals surface area contributed by atoms with Crippen LogP contribution in [0.1, 0.15) is 19.3 Å². The highest BCUT2D eigenvalue weighted by molar-refractivity contribution is 7.91. The molecule has 0 aromatic heterocycles. The van der Waals surface area contributed by atoms with Crippen molar-refractivity contribution in [2.45, 2.75) is 25.3 Å². The molecule has 3 aliphatic heterocycles. The van der Waals surface area contributed by atoms with Gasteiger partial charge < -0.3 is 15.0 Å². The maximum atomic E-state index is 12.9. The molecule has 0 unspecified atom stereocenters. The smallest absolute Gasteiger partial charge is 0.271 e. The van der Waals surface area contributed by atoms with E-state index in [0.717, 1.165) is 18.8 Å². The number of carbonyl (C=O) groups excluding carboxylic acids is 2. The number of para-hydroxylation sites is 2. The van der Waals surface area contributed by atoms with Crippen molar-refractivity contribution < 1.29 is 22.7 Å². The minimum absolute atomic E-state index is 0.0470. The number of rotatable bonds is 4. The van der Waals surface area contributed by atoms with E-state index in [2.05, 4.69) is 15.3 Å². The fraction of sp³-hybridized carbons (Fsp3) is 0.526. The van der Waals surface area contributed by atoms with Gasteiger partial charge >= 0.3 is 0 Å². The van der Waals surface area contributed by atoms with E-state index in [1.54, 1.807) is 0 Å². The summed E-state index contributed by atoms with van der Waals surface area (Å²) in [5.41, 5.74) is 1.83. The maximum Gasteiger partial charge on any atom is 0.271 e. The quantitative estimate of drug-likeness (QED) is 0.765. The predicted molar refractivity (Wildman–Crippen MR) is 109 cm³/mol. The Labute approximate surface area is 169 Å². The average molecular weight is 420 g/mol. The summed E-state index contributed by atoms with van der Waals surface area (Å²) in [4.78, 5) is 27.3. The van der Waals surface area contributed by atoms with Crippen LogP contribution in [0.2, 0.25) is 0 Å². The van der Waals surface area contributed by atoms with Gasteiger partial charge in [-0.05, 0) is 18.6 Å². The molecule has 2 amide bonds. The van der Waals surface area contributed by atoms with Crippen LogP contribution in [0.4, 0.5) is 11.4 Å². The number of hydrazone groups is 1. The zero-order valence-corrected chi connectivity index (χ0v) is 16.9. The van der Waals surface area contributed by atoms with E-state index >= 15 is 0 Å². The van der Waals surface area contributed by atoms with Gasteiger partial charge in [0.25, 0.3) is 5.91 Å². The van der Waals surface area contributed by atoms with Crippen molar-refractivity contribution in [1.82, 2.24) is 5.01 Å². The normalized spacial score (nSPS) is 24.3. The van der Waals surface area contributed by atoms with Crippen molar-refractivity contribution in [2.24, 2.45) is 5.10 Å². The van der Waals surface area contributed by atoms with Crippen molar-refractivity contribution in [1.29, 1.82) is 0 Å². The molecule has 1 N–H and O–H groups in total. The number of nitrogens with zero attached hydrogens (tertiary/aromatic N) is 3. The van der Waals surface area contributed by atoms with E-state index in [9.17, 15) is 18.0 Å². The minimum atomic E-state index is -3.15. The molecule has 2 saturated heterocycles. The van der Waals surface area contributed by atoms with Gasteiger partial charge in [0, 0.05) is 25.9 Å². The number of morpholine rings is 1. The first kappa shape index (κ1) is 19.8. The highest BCUT2D eigenvalue weighted by Crippen LogP contribution is 2.27. The Balaban J connectivity index is 1.51. The average Bonchev–Trinajstić information content (AvgIpc) is 3.09. The van der Waals surface area contributed by atoms with Crippen LogP contribution in [0.15, 0.2) is 29.4 Å². The molecule has 10 heteroatoms. The molecule has 156 valence electrons. The Kier molecular flexibility index (Phi) is 5.55. The van der Waals surface area contributed by atoms with E-state index in [-0.39, 0.29) is 41.9 Å². The molecule has 0 aliphatic carbocycles. The van der Waals surface area contributed by atoms with Crippen LogP contribution in [-0.4, -0.2) is 74.8 Å². The van der Waals surface area contributed by atoms with Gasteiger partial charge in [0.1, 0.15) is 5.71 Å². The highest BCUT2D eigenvalue weighted by Gasteiger charge is 2.37. The highest BCUT2D eigenvalue weighted by atomic mass is 32.2. The first-order valence-corrected chi connectivity index (χ1v) is 11.6. The summed E-state index contributed by atoms with van der Waals surface area (Å²) >= 11 is 0. The monoisotopic (exact) mass is 420 g/mol. The molecule has 0 saturated carbocycles. The minimum Gasteiger partial charge on any atom is -0.378 e. The molecule has 1 aromatic rings. The number of ether oxygens (including phenoxy) is 1. The molecule has 29 heavy (non-hydrogen) atoms. The lowest BCUT2D eigenvalue weighted by atomic mass is 10.1. The molecule has 0 bridgehead atoms. The number of sulfone groups is 1. The maximum absolute atomic E-state index is 12.9. The molecule has 1 atom stereocenters. The molecular formula is C19H24N4O5S. The van der Waals surface area contributed by atoms with Crippen LogP contribution in [-0.2, 0) is 24.2 Å². The summed E-state index contributed by atoms with van der Waals surface area (Å²) in [6.45, 7) is 2.76. The van der Waals surface area contributed by atoms with Crippen molar-refractivity contribution in [3.05, 3.63) is 24.3 Å². The summed E-state index contributed by atoms with van der Waals surface area (Å²) in [6, 6.07) is 7.05.